The lowest BCUT2D eigenvalue weighted by Gasteiger charge is -2.22. The first-order chi connectivity index (χ1) is 12.2. The molecule has 7 heteroatoms. The summed E-state index contributed by atoms with van der Waals surface area (Å²) in [5.41, 5.74) is 0.820. The number of likely N-dealkylation sites (N-methyl/N-ethyl adjacent to an activating group) is 1. The standard InChI is InChI=1S/C18H24N4O3/c1-3-22-10-4-5-14(22)12-19-16(23)11-17-20-18(21-25-17)13-6-8-15(24-2)9-7-13/h6-9,14H,3-5,10-12H2,1-2H3,(H,19,23). The van der Waals surface area contributed by atoms with Gasteiger partial charge in [0.05, 0.1) is 7.11 Å². The van der Waals surface area contributed by atoms with Crippen LogP contribution in [0, 0.1) is 0 Å². The van der Waals surface area contributed by atoms with Gasteiger partial charge in [0.1, 0.15) is 12.2 Å². The summed E-state index contributed by atoms with van der Waals surface area (Å²) in [5.74, 6) is 1.47. The molecule has 1 aliphatic heterocycles. The van der Waals surface area contributed by atoms with E-state index in [1.807, 2.05) is 24.3 Å². The molecule has 0 aliphatic carbocycles. The lowest BCUT2D eigenvalue weighted by molar-refractivity contribution is -0.121. The minimum absolute atomic E-state index is 0.0899. The van der Waals surface area contributed by atoms with Gasteiger partial charge in [0.25, 0.3) is 0 Å². The second-order valence-corrected chi connectivity index (χ2v) is 6.15. The van der Waals surface area contributed by atoms with Crippen LogP contribution in [0.4, 0.5) is 0 Å². The molecule has 1 aliphatic rings. The van der Waals surface area contributed by atoms with Crippen molar-refractivity contribution in [3.8, 4) is 17.1 Å². The van der Waals surface area contributed by atoms with E-state index in [4.69, 9.17) is 9.26 Å². The number of carbonyl (C=O) groups is 1. The van der Waals surface area contributed by atoms with E-state index < -0.39 is 0 Å². The number of benzene rings is 1. The molecule has 1 fully saturated rings. The average Bonchev–Trinajstić information content (AvgIpc) is 3.29. The van der Waals surface area contributed by atoms with Crippen molar-refractivity contribution in [1.29, 1.82) is 0 Å². The minimum atomic E-state index is -0.0899. The molecule has 25 heavy (non-hydrogen) atoms. The molecule has 0 spiro atoms. The second-order valence-electron chi connectivity index (χ2n) is 6.15. The Hall–Kier alpha value is -2.41. The SMILES string of the molecule is CCN1CCCC1CNC(=O)Cc1nc(-c2ccc(OC)cc2)no1. The number of aromatic nitrogens is 2. The topological polar surface area (TPSA) is 80.5 Å². The van der Waals surface area contributed by atoms with Crippen molar-refractivity contribution in [2.45, 2.75) is 32.2 Å². The highest BCUT2D eigenvalue weighted by molar-refractivity contribution is 5.77. The van der Waals surface area contributed by atoms with Gasteiger partial charge in [0, 0.05) is 18.2 Å². The van der Waals surface area contributed by atoms with E-state index >= 15 is 0 Å². The van der Waals surface area contributed by atoms with Gasteiger partial charge in [-0.1, -0.05) is 12.1 Å². The first kappa shape index (κ1) is 17.4. The third kappa shape index (κ3) is 4.36. The Balaban J connectivity index is 1.52. The molecule has 1 N–H and O–H groups in total. The monoisotopic (exact) mass is 344 g/mol. The van der Waals surface area contributed by atoms with Crippen LogP contribution in [0.1, 0.15) is 25.7 Å². The van der Waals surface area contributed by atoms with Gasteiger partial charge in [-0.2, -0.15) is 4.98 Å². The quantitative estimate of drug-likeness (QED) is 0.826. The number of hydrogen-bond donors (Lipinski definition) is 1. The van der Waals surface area contributed by atoms with Gasteiger partial charge in [0.15, 0.2) is 0 Å². The minimum Gasteiger partial charge on any atom is -0.497 e. The number of nitrogens with zero attached hydrogens (tertiary/aromatic N) is 3. The predicted molar refractivity (Wildman–Crippen MR) is 93.3 cm³/mol. The van der Waals surface area contributed by atoms with Crippen LogP contribution in [0.3, 0.4) is 0 Å². The number of carbonyl (C=O) groups excluding carboxylic acids is 1. The highest BCUT2D eigenvalue weighted by Gasteiger charge is 2.23. The van der Waals surface area contributed by atoms with Gasteiger partial charge in [-0.3, -0.25) is 9.69 Å². The van der Waals surface area contributed by atoms with E-state index in [0.29, 0.717) is 24.3 Å². The van der Waals surface area contributed by atoms with E-state index in [1.54, 1.807) is 7.11 Å². The zero-order valence-electron chi connectivity index (χ0n) is 14.7. The van der Waals surface area contributed by atoms with E-state index in [2.05, 4.69) is 27.3 Å². The maximum atomic E-state index is 12.1. The number of hydrogen-bond acceptors (Lipinski definition) is 6. The molecule has 1 saturated heterocycles. The van der Waals surface area contributed by atoms with Crippen LogP contribution in [-0.2, 0) is 11.2 Å². The second kappa shape index (κ2) is 8.11. The van der Waals surface area contributed by atoms with Gasteiger partial charge in [-0.05, 0) is 50.2 Å². The Morgan fingerprint density at radius 2 is 2.20 bits per heavy atom. The number of ether oxygens (including phenoxy) is 1. The van der Waals surface area contributed by atoms with Crippen molar-refractivity contribution in [3.63, 3.8) is 0 Å². The van der Waals surface area contributed by atoms with Gasteiger partial charge in [0.2, 0.25) is 17.6 Å². The number of nitrogens with one attached hydrogen (secondary N) is 1. The van der Waals surface area contributed by atoms with Crippen molar-refractivity contribution < 1.29 is 14.1 Å². The molecule has 0 bridgehead atoms. The third-order valence-electron chi connectivity index (χ3n) is 4.57. The van der Waals surface area contributed by atoms with Crippen LogP contribution in [-0.4, -0.2) is 53.7 Å². The van der Waals surface area contributed by atoms with Crippen molar-refractivity contribution >= 4 is 5.91 Å². The molecule has 1 amide bonds. The Morgan fingerprint density at radius 3 is 2.92 bits per heavy atom. The normalized spacial score (nSPS) is 17.6. The molecule has 1 unspecified atom stereocenters. The molecule has 0 saturated carbocycles. The highest BCUT2D eigenvalue weighted by atomic mass is 16.5. The summed E-state index contributed by atoms with van der Waals surface area (Å²) < 4.78 is 10.3. The van der Waals surface area contributed by atoms with Gasteiger partial charge < -0.3 is 14.6 Å². The van der Waals surface area contributed by atoms with Crippen LogP contribution >= 0.6 is 0 Å². The summed E-state index contributed by atoms with van der Waals surface area (Å²) in [7, 11) is 1.62. The highest BCUT2D eigenvalue weighted by Crippen LogP contribution is 2.20. The molecular weight excluding hydrogens is 320 g/mol. The molecule has 0 radical (unpaired) electrons. The van der Waals surface area contributed by atoms with E-state index in [9.17, 15) is 4.79 Å². The van der Waals surface area contributed by atoms with Crippen LogP contribution in [0.25, 0.3) is 11.4 Å². The van der Waals surface area contributed by atoms with Crippen LogP contribution in [0.15, 0.2) is 28.8 Å². The van der Waals surface area contributed by atoms with E-state index in [1.165, 1.54) is 6.42 Å². The number of rotatable bonds is 7. The summed E-state index contributed by atoms with van der Waals surface area (Å²) >= 11 is 0. The first-order valence-electron chi connectivity index (χ1n) is 8.67. The number of amides is 1. The van der Waals surface area contributed by atoms with Gasteiger partial charge >= 0.3 is 0 Å². The molecule has 1 atom stereocenters. The maximum absolute atomic E-state index is 12.1. The summed E-state index contributed by atoms with van der Waals surface area (Å²) in [5, 5.41) is 6.92. The summed E-state index contributed by atoms with van der Waals surface area (Å²) in [6, 6.07) is 7.81. The Labute approximate surface area is 147 Å². The van der Waals surface area contributed by atoms with Crippen LogP contribution < -0.4 is 10.1 Å². The fraction of sp³-hybridized carbons (Fsp3) is 0.500. The summed E-state index contributed by atoms with van der Waals surface area (Å²) in [4.78, 5) is 18.8. The summed E-state index contributed by atoms with van der Waals surface area (Å²) in [6.45, 7) is 4.97. The molecule has 3 rings (SSSR count). The molecule has 1 aromatic heterocycles. The fourth-order valence-electron chi connectivity index (χ4n) is 3.16. The van der Waals surface area contributed by atoms with Crippen molar-refractivity contribution in [3.05, 3.63) is 30.2 Å². The Morgan fingerprint density at radius 1 is 1.40 bits per heavy atom. The fourth-order valence-corrected chi connectivity index (χ4v) is 3.16. The first-order valence-corrected chi connectivity index (χ1v) is 8.67. The number of likely N-dealkylation sites (tertiary alicyclic amines) is 1. The molecular formula is C18H24N4O3. The van der Waals surface area contributed by atoms with Crippen molar-refractivity contribution in [2.75, 3.05) is 26.7 Å². The largest absolute Gasteiger partial charge is 0.497 e. The predicted octanol–water partition coefficient (Wildman–Crippen LogP) is 1.89. The van der Waals surface area contributed by atoms with E-state index in [0.717, 1.165) is 30.8 Å². The van der Waals surface area contributed by atoms with Gasteiger partial charge in [-0.15, -0.1) is 0 Å². The van der Waals surface area contributed by atoms with Crippen LogP contribution in [0.5, 0.6) is 5.75 Å². The number of methoxy groups -OCH3 is 1. The Bertz CT molecular complexity index is 699. The van der Waals surface area contributed by atoms with Crippen molar-refractivity contribution in [2.24, 2.45) is 0 Å². The summed E-state index contributed by atoms with van der Waals surface area (Å²) in [6.07, 6.45) is 2.43. The average molecular weight is 344 g/mol. The zero-order valence-corrected chi connectivity index (χ0v) is 14.7. The molecule has 7 nitrogen and oxygen atoms in total. The smallest absolute Gasteiger partial charge is 0.236 e. The van der Waals surface area contributed by atoms with Crippen LogP contribution in [0.2, 0.25) is 0 Å². The molecule has 134 valence electrons. The maximum Gasteiger partial charge on any atom is 0.236 e. The van der Waals surface area contributed by atoms with Crippen molar-refractivity contribution in [1.82, 2.24) is 20.4 Å². The molecule has 2 aromatic rings. The van der Waals surface area contributed by atoms with E-state index in [-0.39, 0.29) is 12.3 Å². The molecule has 1 aromatic carbocycles. The lowest BCUT2D eigenvalue weighted by atomic mass is 10.2. The lowest BCUT2D eigenvalue weighted by Crippen LogP contribution is -2.40. The van der Waals surface area contributed by atoms with Gasteiger partial charge in [-0.25, -0.2) is 0 Å². The molecule has 2 heterocycles. The zero-order chi connectivity index (χ0) is 17.6. The third-order valence-corrected chi connectivity index (χ3v) is 4.57. The Kier molecular flexibility index (Phi) is 5.65.